The number of benzene rings is 2. The smallest absolute Gasteiger partial charge is 0.243 e. The molecule has 0 amide bonds. The van der Waals surface area contributed by atoms with Crippen LogP contribution in [0.4, 0.5) is 0 Å². The molecule has 2 rings (SSSR count). The number of aliphatic hydroxyl groups excluding tert-OH is 1. The Morgan fingerprint density at radius 1 is 1.08 bits per heavy atom. The van der Waals surface area contributed by atoms with Crippen LogP contribution in [0, 0.1) is 5.92 Å². The standard InChI is InChI=1S/C19H25NO4S/c1-16(12-13-21)14-20(15-17-6-4-3-5-7-17)25(22,23)19-10-8-18(24-2)9-11-19/h3-11,16,21H,12-15H2,1-2H3. The highest BCUT2D eigenvalue weighted by atomic mass is 32.2. The van der Waals surface area contributed by atoms with Gasteiger partial charge >= 0.3 is 0 Å². The van der Waals surface area contributed by atoms with Gasteiger partial charge in [0.2, 0.25) is 10.0 Å². The van der Waals surface area contributed by atoms with Gasteiger partial charge in [0, 0.05) is 19.7 Å². The molecule has 1 N–H and O–H groups in total. The summed E-state index contributed by atoms with van der Waals surface area (Å²) in [7, 11) is -2.10. The SMILES string of the molecule is COc1ccc(S(=O)(=O)N(Cc2ccccc2)CC(C)CCO)cc1. The van der Waals surface area contributed by atoms with E-state index in [4.69, 9.17) is 9.84 Å². The highest BCUT2D eigenvalue weighted by Crippen LogP contribution is 2.23. The molecule has 1 atom stereocenters. The van der Waals surface area contributed by atoms with Crippen molar-refractivity contribution in [2.24, 2.45) is 5.92 Å². The topological polar surface area (TPSA) is 66.8 Å². The first kappa shape index (κ1) is 19.4. The van der Waals surface area contributed by atoms with Crippen LogP contribution in [0.25, 0.3) is 0 Å². The number of sulfonamides is 1. The molecule has 2 aromatic carbocycles. The third-order valence-electron chi connectivity index (χ3n) is 4.04. The van der Waals surface area contributed by atoms with Crippen molar-refractivity contribution >= 4 is 10.0 Å². The van der Waals surface area contributed by atoms with E-state index in [2.05, 4.69) is 0 Å². The Labute approximate surface area is 149 Å². The molecule has 25 heavy (non-hydrogen) atoms. The summed E-state index contributed by atoms with van der Waals surface area (Å²) < 4.78 is 32.8. The summed E-state index contributed by atoms with van der Waals surface area (Å²) in [5, 5.41) is 9.13. The van der Waals surface area contributed by atoms with Crippen molar-refractivity contribution in [2.45, 2.75) is 24.8 Å². The lowest BCUT2D eigenvalue weighted by Gasteiger charge is -2.25. The zero-order valence-electron chi connectivity index (χ0n) is 14.6. The molecule has 0 spiro atoms. The van der Waals surface area contributed by atoms with Crippen LogP contribution < -0.4 is 4.74 Å². The fourth-order valence-corrected chi connectivity index (χ4v) is 4.14. The first-order valence-corrected chi connectivity index (χ1v) is 9.70. The van der Waals surface area contributed by atoms with Gasteiger partial charge in [-0.1, -0.05) is 37.3 Å². The minimum atomic E-state index is -3.64. The van der Waals surface area contributed by atoms with Gasteiger partial charge in [0.25, 0.3) is 0 Å². The van der Waals surface area contributed by atoms with E-state index in [1.165, 1.54) is 4.31 Å². The van der Waals surface area contributed by atoms with E-state index in [1.54, 1.807) is 31.4 Å². The first-order chi connectivity index (χ1) is 12.0. The lowest BCUT2D eigenvalue weighted by molar-refractivity contribution is 0.243. The maximum atomic E-state index is 13.1. The van der Waals surface area contributed by atoms with Crippen molar-refractivity contribution in [1.29, 1.82) is 0 Å². The second-order valence-electron chi connectivity index (χ2n) is 6.08. The molecular formula is C19H25NO4S. The Kier molecular flexibility index (Phi) is 6.99. The molecule has 1 unspecified atom stereocenters. The Morgan fingerprint density at radius 3 is 2.28 bits per heavy atom. The van der Waals surface area contributed by atoms with Gasteiger partial charge in [0.05, 0.1) is 12.0 Å². The van der Waals surface area contributed by atoms with Crippen LogP contribution in [0.5, 0.6) is 5.75 Å². The number of ether oxygens (including phenoxy) is 1. The number of hydrogen-bond acceptors (Lipinski definition) is 4. The third-order valence-corrected chi connectivity index (χ3v) is 5.86. The van der Waals surface area contributed by atoms with E-state index in [0.29, 0.717) is 25.3 Å². The van der Waals surface area contributed by atoms with Gasteiger partial charge in [-0.3, -0.25) is 0 Å². The van der Waals surface area contributed by atoms with E-state index < -0.39 is 10.0 Å². The first-order valence-electron chi connectivity index (χ1n) is 8.26. The Hall–Kier alpha value is -1.89. The van der Waals surface area contributed by atoms with E-state index in [0.717, 1.165) is 5.56 Å². The Balaban J connectivity index is 2.30. The fraction of sp³-hybridized carbons (Fsp3) is 0.368. The summed E-state index contributed by atoms with van der Waals surface area (Å²) in [6, 6.07) is 15.9. The molecule has 0 bridgehead atoms. The summed E-state index contributed by atoms with van der Waals surface area (Å²) in [6.45, 7) is 2.63. The summed E-state index contributed by atoms with van der Waals surface area (Å²) in [6.07, 6.45) is 0.559. The van der Waals surface area contributed by atoms with Gasteiger partial charge in [0.15, 0.2) is 0 Å². The predicted octanol–water partition coefficient (Wildman–Crippen LogP) is 2.90. The lowest BCUT2D eigenvalue weighted by atomic mass is 10.1. The molecule has 5 nitrogen and oxygen atoms in total. The molecule has 0 saturated carbocycles. The maximum Gasteiger partial charge on any atom is 0.243 e. The average molecular weight is 363 g/mol. The monoisotopic (exact) mass is 363 g/mol. The zero-order valence-corrected chi connectivity index (χ0v) is 15.4. The molecule has 0 heterocycles. The normalized spacial score (nSPS) is 13.0. The van der Waals surface area contributed by atoms with Crippen molar-refractivity contribution in [3.8, 4) is 5.75 Å². The van der Waals surface area contributed by atoms with Crippen molar-refractivity contribution in [1.82, 2.24) is 4.31 Å². The molecule has 2 aromatic rings. The van der Waals surface area contributed by atoms with Crippen molar-refractivity contribution in [3.05, 3.63) is 60.2 Å². The number of aliphatic hydroxyl groups is 1. The van der Waals surface area contributed by atoms with Crippen molar-refractivity contribution in [2.75, 3.05) is 20.3 Å². The van der Waals surface area contributed by atoms with Gasteiger partial charge < -0.3 is 9.84 Å². The predicted molar refractivity (Wildman–Crippen MR) is 97.9 cm³/mol. The van der Waals surface area contributed by atoms with Crippen LogP contribution in [0.15, 0.2) is 59.5 Å². The number of rotatable bonds is 9. The quantitative estimate of drug-likeness (QED) is 0.744. The van der Waals surface area contributed by atoms with Gasteiger partial charge in [-0.2, -0.15) is 4.31 Å². The van der Waals surface area contributed by atoms with E-state index >= 15 is 0 Å². The molecule has 0 radical (unpaired) electrons. The van der Waals surface area contributed by atoms with Crippen LogP contribution in [-0.2, 0) is 16.6 Å². The third kappa shape index (κ3) is 5.29. The molecule has 0 aliphatic carbocycles. The highest BCUT2D eigenvalue weighted by molar-refractivity contribution is 7.89. The Bertz CT molecular complexity index is 745. The summed E-state index contributed by atoms with van der Waals surface area (Å²) in [5.41, 5.74) is 0.927. The molecule has 0 fully saturated rings. The van der Waals surface area contributed by atoms with Crippen LogP contribution >= 0.6 is 0 Å². The van der Waals surface area contributed by atoms with Crippen LogP contribution in [0.3, 0.4) is 0 Å². The molecule has 136 valence electrons. The molecular weight excluding hydrogens is 338 g/mol. The number of methoxy groups -OCH3 is 1. The van der Waals surface area contributed by atoms with Crippen LogP contribution in [0.1, 0.15) is 18.9 Å². The number of hydrogen-bond donors (Lipinski definition) is 1. The molecule has 6 heteroatoms. The van der Waals surface area contributed by atoms with Crippen molar-refractivity contribution < 1.29 is 18.3 Å². The fourth-order valence-electron chi connectivity index (χ4n) is 2.59. The largest absolute Gasteiger partial charge is 0.497 e. The molecule has 0 aliphatic rings. The summed E-state index contributed by atoms with van der Waals surface area (Å²) >= 11 is 0. The van der Waals surface area contributed by atoms with Crippen molar-refractivity contribution in [3.63, 3.8) is 0 Å². The lowest BCUT2D eigenvalue weighted by Crippen LogP contribution is -2.34. The van der Waals surface area contributed by atoms with Crippen LogP contribution in [0.2, 0.25) is 0 Å². The highest BCUT2D eigenvalue weighted by Gasteiger charge is 2.26. The second-order valence-corrected chi connectivity index (χ2v) is 8.01. The summed E-state index contributed by atoms with van der Waals surface area (Å²) in [4.78, 5) is 0.237. The van der Waals surface area contributed by atoms with E-state index in [-0.39, 0.29) is 17.4 Å². The van der Waals surface area contributed by atoms with Crippen LogP contribution in [-0.4, -0.2) is 38.1 Å². The minimum Gasteiger partial charge on any atom is -0.497 e. The summed E-state index contributed by atoms with van der Waals surface area (Å²) in [5.74, 6) is 0.670. The molecule has 0 saturated heterocycles. The van der Waals surface area contributed by atoms with Gasteiger partial charge in [-0.15, -0.1) is 0 Å². The average Bonchev–Trinajstić information content (AvgIpc) is 2.62. The Morgan fingerprint density at radius 2 is 1.72 bits per heavy atom. The zero-order chi connectivity index (χ0) is 18.3. The second kappa shape index (κ2) is 8.99. The maximum absolute atomic E-state index is 13.1. The minimum absolute atomic E-state index is 0.0446. The molecule has 0 aliphatic heterocycles. The van der Waals surface area contributed by atoms with Gasteiger partial charge in [-0.05, 0) is 42.2 Å². The van der Waals surface area contributed by atoms with E-state index in [9.17, 15) is 8.42 Å². The molecule has 0 aromatic heterocycles. The van der Waals surface area contributed by atoms with Gasteiger partial charge in [-0.25, -0.2) is 8.42 Å². The van der Waals surface area contributed by atoms with Gasteiger partial charge in [0.1, 0.15) is 5.75 Å². The van der Waals surface area contributed by atoms with E-state index in [1.807, 2.05) is 37.3 Å². The number of nitrogens with zero attached hydrogens (tertiary/aromatic N) is 1.